The average Bonchev–Trinajstić information content (AvgIpc) is 2.44. The number of nitrogens with zero attached hydrogens (tertiary/aromatic N) is 1. The number of carbonyl (C=O) groups is 1. The number of ether oxygens (including phenoxy) is 1. The summed E-state index contributed by atoms with van der Waals surface area (Å²) in [4.78, 5) is 14.4. The molecule has 0 aromatic heterocycles. The summed E-state index contributed by atoms with van der Waals surface area (Å²) in [5.41, 5.74) is 0. The molecular weight excluding hydrogens is 228 g/mol. The van der Waals surface area contributed by atoms with E-state index < -0.39 is 0 Å². The van der Waals surface area contributed by atoms with Crippen molar-refractivity contribution < 1.29 is 9.53 Å². The van der Waals surface area contributed by atoms with Crippen molar-refractivity contribution in [3.05, 3.63) is 0 Å². The molecule has 3 fully saturated rings. The number of hydrogen-bond donors (Lipinski definition) is 1. The van der Waals surface area contributed by atoms with E-state index in [1.54, 1.807) is 0 Å². The summed E-state index contributed by atoms with van der Waals surface area (Å²) in [5, 5.41) is 3.57. The number of esters is 1. The van der Waals surface area contributed by atoms with Gasteiger partial charge >= 0.3 is 5.97 Å². The minimum atomic E-state index is -0.148. The molecule has 3 aliphatic rings. The number of fused-ring (bicyclic) bond motifs is 3. The highest BCUT2D eigenvalue weighted by molar-refractivity contribution is 5.76. The van der Waals surface area contributed by atoms with E-state index in [9.17, 15) is 4.79 Å². The number of nitrogens with one attached hydrogen (secondary N) is 1. The van der Waals surface area contributed by atoms with Crippen LogP contribution >= 0.6 is 0 Å². The highest BCUT2D eigenvalue weighted by Gasteiger charge is 2.37. The van der Waals surface area contributed by atoms with E-state index in [4.69, 9.17) is 4.74 Å². The first-order valence-corrected chi connectivity index (χ1v) is 7.22. The summed E-state index contributed by atoms with van der Waals surface area (Å²) in [7, 11) is 1.48. The van der Waals surface area contributed by atoms with E-state index in [-0.39, 0.29) is 12.0 Å². The number of carbonyl (C=O) groups excluding carboxylic acids is 1. The van der Waals surface area contributed by atoms with Gasteiger partial charge in [-0.15, -0.1) is 0 Å². The largest absolute Gasteiger partial charge is 0.468 e. The van der Waals surface area contributed by atoms with E-state index in [1.807, 2.05) is 0 Å². The molecule has 2 bridgehead atoms. The van der Waals surface area contributed by atoms with Gasteiger partial charge in [-0.3, -0.25) is 10.1 Å². The Morgan fingerprint density at radius 2 is 2.11 bits per heavy atom. The molecule has 0 radical (unpaired) electrons. The first-order valence-electron chi connectivity index (χ1n) is 7.22. The molecular formula is C14H26N2O2. The molecule has 18 heavy (non-hydrogen) atoms. The Labute approximate surface area is 110 Å². The van der Waals surface area contributed by atoms with Gasteiger partial charge in [-0.25, -0.2) is 0 Å². The van der Waals surface area contributed by atoms with E-state index >= 15 is 0 Å². The fourth-order valence-electron chi connectivity index (χ4n) is 3.21. The Kier molecular flexibility index (Phi) is 4.62. The molecule has 3 saturated heterocycles. The molecule has 0 amide bonds. The van der Waals surface area contributed by atoms with E-state index in [2.05, 4.69) is 24.1 Å². The Bertz CT molecular complexity index is 288. The molecule has 4 nitrogen and oxygen atoms in total. The lowest BCUT2D eigenvalue weighted by molar-refractivity contribution is -0.145. The lowest BCUT2D eigenvalue weighted by Crippen LogP contribution is -2.60. The molecule has 4 heteroatoms. The second-order valence-electron chi connectivity index (χ2n) is 5.80. The third-order valence-corrected chi connectivity index (χ3v) is 4.72. The first kappa shape index (κ1) is 13.8. The number of methoxy groups -OCH3 is 1. The van der Waals surface area contributed by atoms with Crippen LogP contribution in [0, 0.1) is 11.8 Å². The topological polar surface area (TPSA) is 41.6 Å². The van der Waals surface area contributed by atoms with Gasteiger partial charge in [-0.1, -0.05) is 20.3 Å². The zero-order valence-corrected chi connectivity index (χ0v) is 11.8. The molecule has 0 aromatic rings. The minimum Gasteiger partial charge on any atom is -0.468 e. The average molecular weight is 254 g/mol. The third kappa shape index (κ3) is 2.86. The van der Waals surface area contributed by atoms with E-state index in [0.717, 1.165) is 18.9 Å². The van der Waals surface area contributed by atoms with Gasteiger partial charge < -0.3 is 9.64 Å². The predicted octanol–water partition coefficient (Wildman–Crippen LogP) is 1.26. The van der Waals surface area contributed by atoms with Crippen LogP contribution in [0.15, 0.2) is 0 Å². The van der Waals surface area contributed by atoms with Crippen molar-refractivity contribution in [2.75, 3.05) is 26.7 Å². The molecule has 3 heterocycles. The molecule has 3 rings (SSSR count). The lowest BCUT2D eigenvalue weighted by atomic mass is 9.83. The van der Waals surface area contributed by atoms with Crippen molar-refractivity contribution in [1.29, 1.82) is 0 Å². The Morgan fingerprint density at radius 3 is 2.56 bits per heavy atom. The molecule has 0 aliphatic carbocycles. The van der Waals surface area contributed by atoms with E-state index in [0.29, 0.717) is 12.0 Å². The van der Waals surface area contributed by atoms with Gasteiger partial charge in [0.2, 0.25) is 0 Å². The monoisotopic (exact) mass is 254 g/mol. The fraction of sp³-hybridized carbons (Fsp3) is 0.929. The van der Waals surface area contributed by atoms with Gasteiger partial charge in [0.1, 0.15) is 6.04 Å². The van der Waals surface area contributed by atoms with Gasteiger partial charge in [0.25, 0.3) is 0 Å². The number of rotatable bonds is 5. The van der Waals surface area contributed by atoms with Crippen molar-refractivity contribution in [3.8, 4) is 0 Å². The third-order valence-electron chi connectivity index (χ3n) is 4.72. The zero-order valence-electron chi connectivity index (χ0n) is 11.8. The minimum absolute atomic E-state index is 0.110. The second kappa shape index (κ2) is 6.02. The summed E-state index contributed by atoms with van der Waals surface area (Å²) in [6, 6.07) is 0.316. The van der Waals surface area contributed by atoms with Crippen LogP contribution in [0.2, 0.25) is 0 Å². The van der Waals surface area contributed by atoms with Crippen LogP contribution in [0.1, 0.15) is 33.1 Å². The molecule has 104 valence electrons. The van der Waals surface area contributed by atoms with Crippen molar-refractivity contribution >= 4 is 5.97 Å². The fourth-order valence-corrected chi connectivity index (χ4v) is 3.21. The summed E-state index contributed by atoms with van der Waals surface area (Å²) in [6.45, 7) is 7.80. The quantitative estimate of drug-likeness (QED) is 0.750. The van der Waals surface area contributed by atoms with E-state index in [1.165, 1.54) is 33.0 Å². The lowest BCUT2D eigenvalue weighted by Gasteiger charge is -2.46. The Balaban J connectivity index is 1.98. The summed E-state index contributed by atoms with van der Waals surface area (Å²) in [5.74, 6) is 0.958. The van der Waals surface area contributed by atoms with Crippen LogP contribution in [-0.2, 0) is 9.53 Å². The normalized spacial score (nSPS) is 34.1. The maximum atomic E-state index is 11.9. The van der Waals surface area contributed by atoms with Crippen LogP contribution in [0.25, 0.3) is 0 Å². The molecule has 3 aliphatic heterocycles. The van der Waals surface area contributed by atoms with Gasteiger partial charge in [0.05, 0.1) is 7.11 Å². The van der Waals surface area contributed by atoms with Gasteiger partial charge in [-0.05, 0) is 37.8 Å². The molecule has 3 unspecified atom stereocenters. The van der Waals surface area contributed by atoms with Crippen molar-refractivity contribution in [1.82, 2.24) is 10.2 Å². The molecule has 0 aromatic carbocycles. The number of piperidine rings is 3. The summed E-state index contributed by atoms with van der Waals surface area (Å²) < 4.78 is 4.94. The van der Waals surface area contributed by atoms with Crippen LogP contribution in [0.3, 0.4) is 0 Å². The molecule has 0 saturated carbocycles. The molecule has 3 atom stereocenters. The van der Waals surface area contributed by atoms with Crippen molar-refractivity contribution in [2.45, 2.75) is 45.2 Å². The van der Waals surface area contributed by atoms with Crippen molar-refractivity contribution in [2.24, 2.45) is 11.8 Å². The first-order chi connectivity index (χ1) is 8.65. The van der Waals surface area contributed by atoms with Crippen LogP contribution in [-0.4, -0.2) is 49.7 Å². The predicted molar refractivity (Wildman–Crippen MR) is 71.3 cm³/mol. The summed E-state index contributed by atoms with van der Waals surface area (Å²) >= 11 is 0. The Morgan fingerprint density at radius 1 is 1.44 bits per heavy atom. The maximum absolute atomic E-state index is 11.9. The highest BCUT2D eigenvalue weighted by Crippen LogP contribution is 2.28. The zero-order chi connectivity index (χ0) is 13.1. The van der Waals surface area contributed by atoms with Gasteiger partial charge in [0.15, 0.2) is 0 Å². The van der Waals surface area contributed by atoms with Gasteiger partial charge in [-0.2, -0.15) is 0 Å². The maximum Gasteiger partial charge on any atom is 0.323 e. The summed E-state index contributed by atoms with van der Waals surface area (Å²) in [6.07, 6.45) is 3.53. The highest BCUT2D eigenvalue weighted by atomic mass is 16.5. The SMILES string of the molecule is CCC(C)C(NC1CN2CCC1CC2)C(=O)OC. The van der Waals surface area contributed by atoms with Crippen LogP contribution in [0.5, 0.6) is 0 Å². The smallest absolute Gasteiger partial charge is 0.323 e. The number of hydrogen-bond acceptors (Lipinski definition) is 4. The Hall–Kier alpha value is -0.610. The van der Waals surface area contributed by atoms with Crippen molar-refractivity contribution in [3.63, 3.8) is 0 Å². The molecule has 0 spiro atoms. The second-order valence-corrected chi connectivity index (χ2v) is 5.80. The van der Waals surface area contributed by atoms with Crippen LogP contribution in [0.4, 0.5) is 0 Å². The van der Waals surface area contributed by atoms with Gasteiger partial charge in [0, 0.05) is 12.6 Å². The standard InChI is InChI=1S/C14H26N2O2/c1-4-10(2)13(14(17)18-3)15-12-9-16-7-5-11(12)6-8-16/h10-13,15H,4-9H2,1-3H3. The molecule has 1 N–H and O–H groups in total. The van der Waals surface area contributed by atoms with Crippen LogP contribution < -0.4 is 5.32 Å².